The molecule has 0 amide bonds. The van der Waals surface area contributed by atoms with Crippen molar-refractivity contribution >= 4 is 33.0 Å². The van der Waals surface area contributed by atoms with E-state index in [0.29, 0.717) is 5.92 Å². The summed E-state index contributed by atoms with van der Waals surface area (Å²) in [6.07, 6.45) is 2.68. The molecule has 1 aromatic carbocycles. The standard InChI is InChI=1S/C15H18ClNS/c1-9(2)15-12-7-10(16)3-6-13(12)18-14(15)8-17-11-4-5-11/h3,6-7,9,11,17H,4-5,8H2,1-2H3. The zero-order valence-corrected chi connectivity index (χ0v) is 12.4. The van der Waals surface area contributed by atoms with Crippen molar-refractivity contribution in [3.05, 3.63) is 33.7 Å². The molecule has 3 rings (SSSR count). The van der Waals surface area contributed by atoms with Crippen LogP contribution in [0.1, 0.15) is 43.0 Å². The Morgan fingerprint density at radius 3 is 2.83 bits per heavy atom. The summed E-state index contributed by atoms with van der Waals surface area (Å²) in [5, 5.41) is 5.80. The zero-order valence-electron chi connectivity index (χ0n) is 10.8. The van der Waals surface area contributed by atoms with E-state index in [4.69, 9.17) is 11.6 Å². The van der Waals surface area contributed by atoms with Gasteiger partial charge in [-0.2, -0.15) is 0 Å². The fraction of sp³-hybridized carbons (Fsp3) is 0.467. The number of benzene rings is 1. The van der Waals surface area contributed by atoms with E-state index >= 15 is 0 Å². The summed E-state index contributed by atoms with van der Waals surface area (Å²) in [5.74, 6) is 0.549. The molecule has 1 heterocycles. The monoisotopic (exact) mass is 279 g/mol. The third-order valence-corrected chi connectivity index (χ3v) is 4.89. The third-order valence-electron chi connectivity index (χ3n) is 3.47. The Hall–Kier alpha value is -0.570. The molecule has 0 bridgehead atoms. The van der Waals surface area contributed by atoms with Gasteiger partial charge in [0.25, 0.3) is 0 Å². The zero-order chi connectivity index (χ0) is 12.7. The minimum atomic E-state index is 0.549. The Labute approximate surface area is 117 Å². The molecule has 2 aromatic rings. The van der Waals surface area contributed by atoms with Crippen LogP contribution >= 0.6 is 22.9 Å². The first-order valence-corrected chi connectivity index (χ1v) is 7.79. The Balaban J connectivity index is 2.02. The quantitative estimate of drug-likeness (QED) is 0.837. The Kier molecular flexibility index (Phi) is 3.35. The molecule has 1 aliphatic carbocycles. The predicted octanol–water partition coefficient (Wildman–Crippen LogP) is 4.93. The first-order valence-electron chi connectivity index (χ1n) is 6.59. The number of hydrogen-bond donors (Lipinski definition) is 1. The summed E-state index contributed by atoms with van der Waals surface area (Å²) in [4.78, 5) is 1.48. The van der Waals surface area contributed by atoms with Crippen molar-refractivity contribution < 1.29 is 0 Å². The fourth-order valence-electron chi connectivity index (χ4n) is 2.43. The summed E-state index contributed by atoms with van der Waals surface area (Å²) >= 11 is 8.04. The number of halogens is 1. The van der Waals surface area contributed by atoms with Crippen molar-refractivity contribution in [3.8, 4) is 0 Å². The van der Waals surface area contributed by atoms with Crippen LogP contribution in [0.2, 0.25) is 5.02 Å². The first kappa shape index (κ1) is 12.5. The van der Waals surface area contributed by atoms with Crippen LogP contribution in [0, 0.1) is 0 Å². The molecular formula is C15H18ClNS. The molecule has 0 atom stereocenters. The molecule has 1 N–H and O–H groups in total. The normalized spacial score (nSPS) is 15.8. The second kappa shape index (κ2) is 4.84. The van der Waals surface area contributed by atoms with Crippen LogP contribution in [0.3, 0.4) is 0 Å². The van der Waals surface area contributed by atoms with Crippen molar-refractivity contribution in [2.24, 2.45) is 0 Å². The average molecular weight is 280 g/mol. The van der Waals surface area contributed by atoms with E-state index in [9.17, 15) is 0 Å². The number of thiophene rings is 1. The van der Waals surface area contributed by atoms with Gasteiger partial charge in [0.05, 0.1) is 0 Å². The number of rotatable bonds is 4. The van der Waals surface area contributed by atoms with E-state index < -0.39 is 0 Å². The smallest absolute Gasteiger partial charge is 0.0413 e. The highest BCUT2D eigenvalue weighted by molar-refractivity contribution is 7.19. The summed E-state index contributed by atoms with van der Waals surface area (Å²) in [7, 11) is 0. The van der Waals surface area contributed by atoms with Gasteiger partial charge in [-0.15, -0.1) is 11.3 Å². The summed E-state index contributed by atoms with van der Waals surface area (Å²) in [5.41, 5.74) is 1.48. The van der Waals surface area contributed by atoms with E-state index in [0.717, 1.165) is 17.6 Å². The summed E-state index contributed by atoms with van der Waals surface area (Å²) < 4.78 is 1.36. The average Bonchev–Trinajstić information content (AvgIpc) is 3.07. The summed E-state index contributed by atoms with van der Waals surface area (Å²) in [6, 6.07) is 7.01. The molecule has 3 heteroatoms. The summed E-state index contributed by atoms with van der Waals surface area (Å²) in [6.45, 7) is 5.54. The van der Waals surface area contributed by atoms with Crippen LogP contribution in [-0.4, -0.2) is 6.04 Å². The first-order chi connectivity index (χ1) is 8.65. The van der Waals surface area contributed by atoms with E-state index in [2.05, 4.69) is 31.3 Å². The minimum absolute atomic E-state index is 0.549. The van der Waals surface area contributed by atoms with Gasteiger partial charge in [-0.05, 0) is 47.9 Å². The van der Waals surface area contributed by atoms with Gasteiger partial charge in [0.15, 0.2) is 0 Å². The second-order valence-electron chi connectivity index (χ2n) is 5.39. The lowest BCUT2D eigenvalue weighted by Crippen LogP contribution is -2.15. The molecule has 1 saturated carbocycles. The lowest BCUT2D eigenvalue weighted by atomic mass is 9.99. The van der Waals surface area contributed by atoms with Crippen molar-refractivity contribution in [1.82, 2.24) is 5.32 Å². The lowest BCUT2D eigenvalue weighted by molar-refractivity contribution is 0.686. The molecular weight excluding hydrogens is 262 g/mol. The largest absolute Gasteiger partial charge is 0.309 e. The maximum absolute atomic E-state index is 6.13. The highest BCUT2D eigenvalue weighted by Gasteiger charge is 2.22. The predicted molar refractivity (Wildman–Crippen MR) is 80.8 cm³/mol. The van der Waals surface area contributed by atoms with Crippen molar-refractivity contribution in [1.29, 1.82) is 0 Å². The molecule has 18 heavy (non-hydrogen) atoms. The van der Waals surface area contributed by atoms with Gasteiger partial charge in [0, 0.05) is 27.2 Å². The topological polar surface area (TPSA) is 12.0 Å². The molecule has 0 radical (unpaired) electrons. The van der Waals surface area contributed by atoms with E-state index in [1.807, 2.05) is 17.4 Å². The molecule has 1 fully saturated rings. The molecule has 1 aromatic heterocycles. The van der Waals surface area contributed by atoms with Gasteiger partial charge in [-0.25, -0.2) is 0 Å². The van der Waals surface area contributed by atoms with E-state index in [1.165, 1.54) is 33.4 Å². The van der Waals surface area contributed by atoms with Crippen LogP contribution in [0.15, 0.2) is 18.2 Å². The maximum atomic E-state index is 6.13. The van der Waals surface area contributed by atoms with Gasteiger partial charge < -0.3 is 5.32 Å². The van der Waals surface area contributed by atoms with Gasteiger partial charge in [0.1, 0.15) is 0 Å². The van der Waals surface area contributed by atoms with E-state index in [1.54, 1.807) is 0 Å². The van der Waals surface area contributed by atoms with Crippen molar-refractivity contribution in [3.63, 3.8) is 0 Å². The van der Waals surface area contributed by atoms with Gasteiger partial charge in [-0.1, -0.05) is 25.4 Å². The van der Waals surface area contributed by atoms with Gasteiger partial charge in [0.2, 0.25) is 0 Å². The Bertz CT molecular complexity index is 569. The molecule has 0 unspecified atom stereocenters. The molecule has 0 spiro atoms. The lowest BCUT2D eigenvalue weighted by Gasteiger charge is -2.09. The van der Waals surface area contributed by atoms with Crippen LogP contribution in [0.5, 0.6) is 0 Å². The van der Waals surface area contributed by atoms with Gasteiger partial charge >= 0.3 is 0 Å². The van der Waals surface area contributed by atoms with Gasteiger partial charge in [-0.3, -0.25) is 0 Å². The van der Waals surface area contributed by atoms with Crippen LogP contribution in [0.25, 0.3) is 10.1 Å². The number of fused-ring (bicyclic) bond motifs is 1. The van der Waals surface area contributed by atoms with Crippen LogP contribution in [0.4, 0.5) is 0 Å². The highest BCUT2D eigenvalue weighted by Crippen LogP contribution is 2.37. The van der Waals surface area contributed by atoms with E-state index in [-0.39, 0.29) is 0 Å². The molecule has 1 aliphatic rings. The second-order valence-corrected chi connectivity index (χ2v) is 6.96. The molecule has 1 nitrogen and oxygen atoms in total. The molecule has 0 saturated heterocycles. The maximum Gasteiger partial charge on any atom is 0.0413 e. The Morgan fingerprint density at radius 2 is 2.17 bits per heavy atom. The molecule has 96 valence electrons. The molecule has 0 aliphatic heterocycles. The van der Waals surface area contributed by atoms with Crippen molar-refractivity contribution in [2.45, 2.75) is 45.2 Å². The number of hydrogen-bond acceptors (Lipinski definition) is 2. The fourth-order valence-corrected chi connectivity index (χ4v) is 3.89. The van der Waals surface area contributed by atoms with Crippen LogP contribution in [-0.2, 0) is 6.54 Å². The SMILES string of the molecule is CC(C)c1c(CNC2CC2)sc2ccc(Cl)cc12. The van der Waals surface area contributed by atoms with Crippen molar-refractivity contribution in [2.75, 3.05) is 0 Å². The minimum Gasteiger partial charge on any atom is -0.309 e. The number of nitrogens with one attached hydrogen (secondary N) is 1. The highest BCUT2D eigenvalue weighted by atomic mass is 35.5. The Morgan fingerprint density at radius 1 is 1.39 bits per heavy atom. The van der Waals surface area contributed by atoms with Crippen LogP contribution < -0.4 is 5.32 Å². The third kappa shape index (κ3) is 2.42.